The lowest BCUT2D eigenvalue weighted by Crippen LogP contribution is -2.38. The maximum Gasteiger partial charge on any atom is 0.231 e. The summed E-state index contributed by atoms with van der Waals surface area (Å²) in [7, 11) is 0. The molecule has 0 saturated carbocycles. The average molecular weight is 313 g/mol. The summed E-state index contributed by atoms with van der Waals surface area (Å²) in [6.07, 6.45) is 2.36. The van der Waals surface area contributed by atoms with Crippen molar-refractivity contribution in [2.24, 2.45) is 0 Å². The molecule has 0 bridgehead atoms. The zero-order valence-electron chi connectivity index (χ0n) is 13.0. The first kappa shape index (κ1) is 15.7. The minimum atomic E-state index is -0.291. The molecule has 1 atom stereocenters. The molecule has 0 aliphatic carbocycles. The Bertz CT molecular complexity index is 636. The second-order valence-electron chi connectivity index (χ2n) is 5.78. The summed E-state index contributed by atoms with van der Waals surface area (Å²) in [4.78, 5) is 14.5. The number of para-hydroxylation sites is 1. The van der Waals surface area contributed by atoms with E-state index in [-0.39, 0.29) is 24.2 Å². The highest BCUT2D eigenvalue weighted by Crippen LogP contribution is 2.20. The average Bonchev–Trinajstić information content (AvgIpc) is 3.09. The van der Waals surface area contributed by atoms with Crippen LogP contribution in [0.15, 0.2) is 54.6 Å². The highest BCUT2D eigenvalue weighted by molar-refractivity contribution is 5.94. The van der Waals surface area contributed by atoms with Crippen molar-refractivity contribution in [1.82, 2.24) is 0 Å². The van der Waals surface area contributed by atoms with Crippen molar-refractivity contribution in [3.05, 3.63) is 66.0 Å². The monoisotopic (exact) mass is 313 g/mol. The molecule has 23 heavy (non-hydrogen) atoms. The van der Waals surface area contributed by atoms with Crippen molar-refractivity contribution in [3.63, 3.8) is 0 Å². The Morgan fingerprint density at radius 3 is 2.52 bits per heavy atom. The van der Waals surface area contributed by atoms with Crippen LogP contribution in [0.2, 0.25) is 0 Å². The summed E-state index contributed by atoms with van der Waals surface area (Å²) in [5.74, 6) is -0.293. The minimum absolute atomic E-state index is 0.00157. The van der Waals surface area contributed by atoms with Gasteiger partial charge in [-0.15, -0.1) is 0 Å². The number of hydrogen-bond acceptors (Lipinski definition) is 2. The first-order valence-electron chi connectivity index (χ1n) is 7.94. The molecule has 0 spiro atoms. The van der Waals surface area contributed by atoms with Gasteiger partial charge in [-0.3, -0.25) is 4.79 Å². The number of halogens is 1. The van der Waals surface area contributed by atoms with Gasteiger partial charge in [-0.25, -0.2) is 4.39 Å². The van der Waals surface area contributed by atoms with Crippen LogP contribution in [0.5, 0.6) is 0 Å². The van der Waals surface area contributed by atoms with E-state index < -0.39 is 0 Å². The van der Waals surface area contributed by atoms with Crippen molar-refractivity contribution in [2.45, 2.75) is 25.4 Å². The Kier molecular flexibility index (Phi) is 5.03. The van der Waals surface area contributed by atoms with E-state index in [4.69, 9.17) is 4.74 Å². The third-order valence-corrected chi connectivity index (χ3v) is 4.05. The van der Waals surface area contributed by atoms with Crippen LogP contribution >= 0.6 is 0 Å². The summed E-state index contributed by atoms with van der Waals surface area (Å²) < 4.78 is 18.7. The molecule has 1 amide bonds. The van der Waals surface area contributed by atoms with Crippen molar-refractivity contribution in [3.8, 4) is 0 Å². The lowest BCUT2D eigenvalue weighted by atomic mass is 10.1. The van der Waals surface area contributed by atoms with Crippen LogP contribution in [0.4, 0.5) is 10.1 Å². The number of amides is 1. The van der Waals surface area contributed by atoms with Crippen LogP contribution < -0.4 is 4.90 Å². The number of ether oxygens (including phenoxy) is 1. The van der Waals surface area contributed by atoms with Crippen LogP contribution in [0, 0.1) is 5.82 Å². The molecule has 1 fully saturated rings. The standard InChI is InChI=1S/C19H20FNO2/c20-16-10-8-15(9-11-16)13-19(22)21(14-18-7-4-12-23-18)17-5-2-1-3-6-17/h1-3,5-6,8-11,18H,4,7,12-14H2. The van der Waals surface area contributed by atoms with Gasteiger partial charge in [0.2, 0.25) is 5.91 Å². The summed E-state index contributed by atoms with van der Waals surface area (Å²) in [5, 5.41) is 0. The number of carbonyl (C=O) groups excluding carboxylic acids is 1. The Balaban J connectivity index is 1.76. The molecule has 2 aromatic carbocycles. The topological polar surface area (TPSA) is 29.5 Å². The predicted molar refractivity (Wildman–Crippen MR) is 87.9 cm³/mol. The SMILES string of the molecule is O=C(Cc1ccc(F)cc1)N(CC1CCCO1)c1ccccc1. The van der Waals surface area contributed by atoms with Crippen molar-refractivity contribution < 1.29 is 13.9 Å². The van der Waals surface area contributed by atoms with E-state index in [0.29, 0.717) is 6.54 Å². The molecule has 1 aliphatic heterocycles. The van der Waals surface area contributed by atoms with E-state index in [9.17, 15) is 9.18 Å². The van der Waals surface area contributed by atoms with Gasteiger partial charge in [-0.1, -0.05) is 30.3 Å². The molecule has 3 nitrogen and oxygen atoms in total. The number of benzene rings is 2. The van der Waals surface area contributed by atoms with Gasteiger partial charge in [0.15, 0.2) is 0 Å². The fraction of sp³-hybridized carbons (Fsp3) is 0.316. The number of rotatable bonds is 5. The van der Waals surface area contributed by atoms with E-state index in [1.54, 1.807) is 17.0 Å². The van der Waals surface area contributed by atoms with Gasteiger partial charge >= 0.3 is 0 Å². The van der Waals surface area contributed by atoms with Gasteiger partial charge in [0.05, 0.1) is 19.1 Å². The molecule has 1 unspecified atom stereocenters. The fourth-order valence-electron chi connectivity index (χ4n) is 2.82. The predicted octanol–water partition coefficient (Wildman–Crippen LogP) is 3.58. The van der Waals surface area contributed by atoms with Crippen LogP contribution in [0.1, 0.15) is 18.4 Å². The molecule has 120 valence electrons. The Morgan fingerprint density at radius 1 is 1.13 bits per heavy atom. The summed E-state index contributed by atoms with van der Waals surface area (Å²) in [6, 6.07) is 15.7. The second kappa shape index (κ2) is 7.38. The maximum absolute atomic E-state index is 13.0. The van der Waals surface area contributed by atoms with Gasteiger partial charge < -0.3 is 9.64 Å². The van der Waals surface area contributed by atoms with Crippen LogP contribution in [-0.2, 0) is 16.0 Å². The highest BCUT2D eigenvalue weighted by Gasteiger charge is 2.23. The third-order valence-electron chi connectivity index (χ3n) is 4.05. The van der Waals surface area contributed by atoms with E-state index in [1.165, 1.54) is 12.1 Å². The van der Waals surface area contributed by atoms with Crippen molar-refractivity contribution in [2.75, 3.05) is 18.1 Å². The number of carbonyl (C=O) groups is 1. The van der Waals surface area contributed by atoms with Crippen molar-refractivity contribution in [1.29, 1.82) is 0 Å². The lowest BCUT2D eigenvalue weighted by molar-refractivity contribution is -0.118. The molecule has 4 heteroatoms. The summed E-state index contributed by atoms with van der Waals surface area (Å²) >= 11 is 0. The second-order valence-corrected chi connectivity index (χ2v) is 5.78. The largest absolute Gasteiger partial charge is 0.376 e. The number of anilines is 1. The van der Waals surface area contributed by atoms with Crippen molar-refractivity contribution >= 4 is 11.6 Å². The van der Waals surface area contributed by atoms with Crippen LogP contribution in [0.3, 0.4) is 0 Å². The maximum atomic E-state index is 13.0. The zero-order chi connectivity index (χ0) is 16.1. The minimum Gasteiger partial charge on any atom is -0.376 e. The van der Waals surface area contributed by atoms with Gasteiger partial charge in [0.1, 0.15) is 5.82 Å². The number of hydrogen-bond donors (Lipinski definition) is 0. The lowest BCUT2D eigenvalue weighted by Gasteiger charge is -2.25. The summed E-state index contributed by atoms with van der Waals surface area (Å²) in [6.45, 7) is 1.32. The van der Waals surface area contributed by atoms with E-state index in [0.717, 1.165) is 30.7 Å². The quantitative estimate of drug-likeness (QED) is 0.844. The zero-order valence-corrected chi connectivity index (χ0v) is 13.0. The highest BCUT2D eigenvalue weighted by atomic mass is 19.1. The summed E-state index contributed by atoms with van der Waals surface area (Å²) in [5.41, 5.74) is 1.68. The van der Waals surface area contributed by atoms with Crippen LogP contribution in [-0.4, -0.2) is 25.2 Å². The van der Waals surface area contributed by atoms with Gasteiger partial charge in [0, 0.05) is 12.3 Å². The molecule has 0 aromatic heterocycles. The number of nitrogens with zero attached hydrogens (tertiary/aromatic N) is 1. The molecule has 1 aliphatic rings. The molecule has 1 saturated heterocycles. The van der Waals surface area contributed by atoms with E-state index >= 15 is 0 Å². The molecule has 1 heterocycles. The van der Waals surface area contributed by atoms with E-state index in [1.807, 2.05) is 30.3 Å². The first-order valence-corrected chi connectivity index (χ1v) is 7.94. The Hall–Kier alpha value is -2.20. The molecule has 0 radical (unpaired) electrons. The van der Waals surface area contributed by atoms with Gasteiger partial charge in [0.25, 0.3) is 0 Å². The third kappa shape index (κ3) is 4.17. The molecular weight excluding hydrogens is 293 g/mol. The fourth-order valence-corrected chi connectivity index (χ4v) is 2.82. The Morgan fingerprint density at radius 2 is 1.87 bits per heavy atom. The van der Waals surface area contributed by atoms with Gasteiger partial charge in [-0.2, -0.15) is 0 Å². The van der Waals surface area contributed by atoms with Gasteiger partial charge in [-0.05, 0) is 42.7 Å². The molecule has 3 rings (SSSR count). The Labute approximate surface area is 135 Å². The van der Waals surface area contributed by atoms with E-state index in [2.05, 4.69) is 0 Å². The van der Waals surface area contributed by atoms with Crippen LogP contribution in [0.25, 0.3) is 0 Å². The molecule has 2 aromatic rings. The molecular formula is C19H20FNO2. The smallest absolute Gasteiger partial charge is 0.231 e. The molecule has 0 N–H and O–H groups in total. The normalized spacial score (nSPS) is 17.2. The first-order chi connectivity index (χ1) is 11.2.